The Hall–Kier alpha value is -1.81. The van der Waals surface area contributed by atoms with Crippen LogP contribution >= 0.6 is 15.9 Å². The van der Waals surface area contributed by atoms with E-state index >= 15 is 0 Å². The second kappa shape index (κ2) is 9.22. The summed E-state index contributed by atoms with van der Waals surface area (Å²) in [5.74, 6) is 0. The molecule has 2 N–H and O–H groups in total. The number of hydrogen-bond donors (Lipinski definition) is 2. The first-order valence-electron chi connectivity index (χ1n) is 9.56. The van der Waals surface area contributed by atoms with E-state index in [4.69, 9.17) is 0 Å². The van der Waals surface area contributed by atoms with Gasteiger partial charge in [-0.3, -0.25) is 0 Å². The Morgan fingerprint density at radius 3 is 2.69 bits per heavy atom. The third kappa shape index (κ3) is 5.10. The van der Waals surface area contributed by atoms with Gasteiger partial charge in [0.2, 0.25) is 0 Å². The molecule has 3 rings (SSSR count). The molecule has 26 heavy (non-hydrogen) atoms. The van der Waals surface area contributed by atoms with Crippen molar-refractivity contribution in [1.82, 2.24) is 10.6 Å². The quantitative estimate of drug-likeness (QED) is 0.659. The predicted molar refractivity (Wildman–Crippen MR) is 110 cm³/mol. The number of rotatable bonds is 6. The van der Waals surface area contributed by atoms with Gasteiger partial charge in [0.25, 0.3) is 0 Å². The number of benzene rings is 2. The Bertz CT molecular complexity index is 760. The Labute approximate surface area is 164 Å². The van der Waals surface area contributed by atoms with Crippen LogP contribution in [0.1, 0.15) is 54.5 Å². The molecule has 0 saturated heterocycles. The van der Waals surface area contributed by atoms with Gasteiger partial charge < -0.3 is 10.6 Å². The van der Waals surface area contributed by atoms with Crippen molar-refractivity contribution in [3.05, 3.63) is 69.2 Å². The van der Waals surface area contributed by atoms with Crippen molar-refractivity contribution in [2.24, 2.45) is 0 Å². The van der Waals surface area contributed by atoms with Crippen molar-refractivity contribution in [2.75, 3.05) is 6.54 Å². The van der Waals surface area contributed by atoms with Gasteiger partial charge in [-0.2, -0.15) is 0 Å². The number of hydrogen-bond acceptors (Lipinski definition) is 1. The average molecular weight is 415 g/mol. The minimum Gasteiger partial charge on any atom is -0.338 e. The molecular weight excluding hydrogens is 388 g/mol. The third-order valence-electron chi connectivity index (χ3n) is 5.08. The van der Waals surface area contributed by atoms with E-state index in [0.717, 1.165) is 17.3 Å². The summed E-state index contributed by atoms with van der Waals surface area (Å²) in [6.07, 6.45) is 6.63. The van der Waals surface area contributed by atoms with E-state index < -0.39 is 0 Å². The van der Waals surface area contributed by atoms with Gasteiger partial charge in [0.1, 0.15) is 0 Å². The predicted octanol–water partition coefficient (Wildman–Crippen LogP) is 5.32. The summed E-state index contributed by atoms with van der Waals surface area (Å²) in [4.78, 5) is 12.3. The van der Waals surface area contributed by atoms with E-state index in [1.807, 2.05) is 12.1 Å². The zero-order valence-corrected chi connectivity index (χ0v) is 16.9. The van der Waals surface area contributed by atoms with Crippen LogP contribution in [0.25, 0.3) is 0 Å². The largest absolute Gasteiger partial charge is 0.338 e. The molecule has 1 atom stereocenters. The molecule has 2 aromatic rings. The van der Waals surface area contributed by atoms with E-state index in [0.29, 0.717) is 6.54 Å². The molecule has 0 spiro atoms. The second-order valence-electron chi connectivity index (χ2n) is 6.98. The SMILES string of the molecule is CCC(NC(=O)NCCc1cccc(Br)c1)c1ccc2c(c1)CCCC2. The summed E-state index contributed by atoms with van der Waals surface area (Å²) < 4.78 is 1.07. The number of fused-ring (bicyclic) bond motifs is 1. The second-order valence-corrected chi connectivity index (χ2v) is 7.89. The maximum Gasteiger partial charge on any atom is 0.315 e. The molecule has 0 radical (unpaired) electrons. The Balaban J connectivity index is 1.53. The van der Waals surface area contributed by atoms with Crippen LogP contribution in [0, 0.1) is 0 Å². The van der Waals surface area contributed by atoms with Crippen molar-refractivity contribution in [3.63, 3.8) is 0 Å². The normalized spacial score (nSPS) is 14.4. The van der Waals surface area contributed by atoms with Gasteiger partial charge in [0, 0.05) is 11.0 Å². The Morgan fingerprint density at radius 1 is 1.12 bits per heavy atom. The van der Waals surface area contributed by atoms with E-state index in [-0.39, 0.29) is 12.1 Å². The number of carbonyl (C=O) groups is 1. The zero-order chi connectivity index (χ0) is 18.4. The number of urea groups is 1. The summed E-state index contributed by atoms with van der Waals surface area (Å²) in [6.45, 7) is 2.74. The smallest absolute Gasteiger partial charge is 0.315 e. The van der Waals surface area contributed by atoms with Crippen LogP contribution in [0.2, 0.25) is 0 Å². The first kappa shape index (κ1) is 19.0. The first-order chi connectivity index (χ1) is 12.7. The summed E-state index contributed by atoms with van der Waals surface area (Å²) in [5, 5.41) is 6.11. The molecule has 0 aromatic heterocycles. The number of carbonyl (C=O) groups excluding carboxylic acids is 1. The van der Waals surface area contributed by atoms with E-state index in [1.54, 1.807) is 0 Å². The summed E-state index contributed by atoms with van der Waals surface area (Å²) in [6, 6.07) is 14.9. The fourth-order valence-electron chi connectivity index (χ4n) is 3.61. The molecule has 3 nitrogen and oxygen atoms in total. The van der Waals surface area contributed by atoms with Gasteiger partial charge in [-0.1, -0.05) is 53.2 Å². The van der Waals surface area contributed by atoms with Gasteiger partial charge in [-0.25, -0.2) is 4.79 Å². The molecule has 4 heteroatoms. The maximum absolute atomic E-state index is 12.3. The highest BCUT2D eigenvalue weighted by molar-refractivity contribution is 9.10. The molecule has 0 fully saturated rings. The monoisotopic (exact) mass is 414 g/mol. The van der Waals surface area contributed by atoms with Crippen molar-refractivity contribution < 1.29 is 4.79 Å². The van der Waals surface area contributed by atoms with Crippen LogP contribution in [0.3, 0.4) is 0 Å². The van der Waals surface area contributed by atoms with Gasteiger partial charge in [0.05, 0.1) is 6.04 Å². The van der Waals surface area contributed by atoms with Crippen LogP contribution < -0.4 is 10.6 Å². The number of amides is 2. The van der Waals surface area contributed by atoms with Crippen molar-refractivity contribution in [2.45, 2.75) is 51.5 Å². The van der Waals surface area contributed by atoms with Crippen LogP contribution in [0.5, 0.6) is 0 Å². The molecule has 1 unspecified atom stereocenters. The highest BCUT2D eigenvalue weighted by Crippen LogP contribution is 2.26. The summed E-state index contributed by atoms with van der Waals surface area (Å²) >= 11 is 3.48. The topological polar surface area (TPSA) is 41.1 Å². The fourth-order valence-corrected chi connectivity index (χ4v) is 4.06. The van der Waals surface area contributed by atoms with Crippen LogP contribution in [-0.2, 0) is 19.3 Å². The molecule has 1 aliphatic rings. The average Bonchev–Trinajstić information content (AvgIpc) is 2.66. The standard InChI is InChI=1S/C22H27BrN2O/c1-2-21(19-11-10-17-7-3-4-8-18(17)15-19)25-22(26)24-13-12-16-6-5-9-20(23)14-16/h5-6,9-11,14-15,21H,2-4,7-8,12-13H2,1H3,(H2,24,25,26). The number of nitrogens with one attached hydrogen (secondary N) is 2. The lowest BCUT2D eigenvalue weighted by molar-refractivity contribution is 0.237. The molecule has 0 aliphatic heterocycles. The lowest BCUT2D eigenvalue weighted by Crippen LogP contribution is -2.38. The summed E-state index contributed by atoms with van der Waals surface area (Å²) in [7, 11) is 0. The van der Waals surface area contributed by atoms with Gasteiger partial charge >= 0.3 is 6.03 Å². The molecule has 0 heterocycles. The Morgan fingerprint density at radius 2 is 1.92 bits per heavy atom. The highest BCUT2D eigenvalue weighted by Gasteiger charge is 2.16. The number of aryl methyl sites for hydroxylation is 2. The highest BCUT2D eigenvalue weighted by atomic mass is 79.9. The van der Waals surface area contributed by atoms with Crippen molar-refractivity contribution in [3.8, 4) is 0 Å². The molecular formula is C22H27BrN2O. The minimum atomic E-state index is -0.0930. The third-order valence-corrected chi connectivity index (χ3v) is 5.57. The first-order valence-corrected chi connectivity index (χ1v) is 10.4. The molecule has 1 aliphatic carbocycles. The molecule has 2 aromatic carbocycles. The van der Waals surface area contributed by atoms with Gasteiger partial charge in [-0.05, 0) is 72.9 Å². The molecule has 2 amide bonds. The van der Waals surface area contributed by atoms with Crippen molar-refractivity contribution in [1.29, 1.82) is 0 Å². The van der Waals surface area contributed by atoms with Crippen LogP contribution in [-0.4, -0.2) is 12.6 Å². The minimum absolute atomic E-state index is 0.0631. The Kier molecular flexibility index (Phi) is 6.73. The van der Waals surface area contributed by atoms with Crippen LogP contribution in [0.4, 0.5) is 4.79 Å². The van der Waals surface area contributed by atoms with E-state index in [9.17, 15) is 4.79 Å². The molecule has 138 valence electrons. The number of halogens is 1. The zero-order valence-electron chi connectivity index (χ0n) is 15.4. The maximum atomic E-state index is 12.3. The van der Waals surface area contributed by atoms with Gasteiger partial charge in [-0.15, -0.1) is 0 Å². The fraction of sp³-hybridized carbons (Fsp3) is 0.409. The molecule has 0 saturated carbocycles. The van der Waals surface area contributed by atoms with Crippen molar-refractivity contribution >= 4 is 22.0 Å². The van der Waals surface area contributed by atoms with Crippen LogP contribution in [0.15, 0.2) is 46.9 Å². The summed E-state index contributed by atoms with van der Waals surface area (Å²) in [5.41, 5.74) is 5.37. The van der Waals surface area contributed by atoms with Gasteiger partial charge in [0.15, 0.2) is 0 Å². The molecule has 0 bridgehead atoms. The van der Waals surface area contributed by atoms with E-state index in [1.165, 1.54) is 47.9 Å². The lowest BCUT2D eigenvalue weighted by Gasteiger charge is -2.22. The van der Waals surface area contributed by atoms with E-state index in [2.05, 4.69) is 63.8 Å². The lowest BCUT2D eigenvalue weighted by atomic mass is 9.89.